The largest absolute Gasteiger partial charge is 0.395 e. The lowest BCUT2D eigenvalue weighted by molar-refractivity contribution is -0.156. The van der Waals surface area contributed by atoms with Gasteiger partial charge in [-0.2, -0.15) is 0 Å². The van der Waals surface area contributed by atoms with Crippen molar-refractivity contribution < 1.29 is 34.4 Å². The van der Waals surface area contributed by atoms with Gasteiger partial charge in [0.2, 0.25) is 17.6 Å². The zero-order valence-electron chi connectivity index (χ0n) is 19.3. The summed E-state index contributed by atoms with van der Waals surface area (Å²) in [5.41, 5.74) is 1.73. The van der Waals surface area contributed by atoms with Gasteiger partial charge in [-0.15, -0.1) is 0 Å². The second-order valence-corrected chi connectivity index (χ2v) is 8.68. The van der Waals surface area contributed by atoms with Crippen LogP contribution in [0.2, 0.25) is 0 Å². The Kier molecular flexibility index (Phi) is 7.63. The highest BCUT2D eigenvalue weighted by atomic mass is 16.8. The Morgan fingerprint density at radius 1 is 1.06 bits per heavy atom. The van der Waals surface area contributed by atoms with Crippen LogP contribution in [0.5, 0.6) is 0 Å². The quantitative estimate of drug-likeness (QED) is 0.366. The number of nitrogens with one attached hydrogen (secondary N) is 2. The SMILES string of the molecule is C[C@H](O)[C@@H](NC(=O)C1=C[C@H]2OC(c3ccccc3)(c3ccccc3)O[C@H]2[C@H](O)C1)C(=O)NCCO. The third-order valence-electron chi connectivity index (χ3n) is 6.16. The van der Waals surface area contributed by atoms with E-state index in [1.165, 1.54) is 6.92 Å². The summed E-state index contributed by atoms with van der Waals surface area (Å²) in [5.74, 6) is -2.49. The number of benzene rings is 2. The van der Waals surface area contributed by atoms with Crippen LogP contribution in [-0.2, 0) is 24.8 Å². The Hall–Kier alpha value is -3.08. The van der Waals surface area contributed by atoms with E-state index in [2.05, 4.69) is 10.6 Å². The molecule has 0 bridgehead atoms. The molecule has 35 heavy (non-hydrogen) atoms. The van der Waals surface area contributed by atoms with Gasteiger partial charge < -0.3 is 35.4 Å². The van der Waals surface area contributed by atoms with Crippen LogP contribution >= 0.6 is 0 Å². The molecular formula is C26H30N2O7. The second-order valence-electron chi connectivity index (χ2n) is 8.68. The fourth-order valence-corrected chi connectivity index (χ4v) is 4.43. The first-order valence-electron chi connectivity index (χ1n) is 11.6. The maximum Gasteiger partial charge on any atom is 0.247 e. The zero-order valence-corrected chi connectivity index (χ0v) is 19.3. The number of carbonyl (C=O) groups is 2. The average Bonchev–Trinajstić information content (AvgIpc) is 3.28. The predicted molar refractivity (Wildman–Crippen MR) is 126 cm³/mol. The van der Waals surface area contributed by atoms with Crippen LogP contribution in [-0.4, -0.2) is 70.7 Å². The van der Waals surface area contributed by atoms with Crippen molar-refractivity contribution in [2.45, 2.75) is 49.6 Å². The molecule has 0 saturated carbocycles. The van der Waals surface area contributed by atoms with Crippen molar-refractivity contribution in [3.05, 3.63) is 83.4 Å². The average molecular weight is 483 g/mol. The molecule has 4 rings (SSSR count). The third-order valence-corrected chi connectivity index (χ3v) is 6.16. The van der Waals surface area contributed by atoms with Crippen LogP contribution in [0.25, 0.3) is 0 Å². The molecule has 2 aromatic rings. The highest BCUT2D eigenvalue weighted by Gasteiger charge is 2.53. The summed E-state index contributed by atoms with van der Waals surface area (Å²) >= 11 is 0. The van der Waals surface area contributed by atoms with Gasteiger partial charge in [0.15, 0.2) is 0 Å². The first-order chi connectivity index (χ1) is 16.9. The number of carbonyl (C=O) groups excluding carboxylic acids is 2. The maximum atomic E-state index is 13.0. The number of hydrogen-bond donors (Lipinski definition) is 5. The fourth-order valence-electron chi connectivity index (χ4n) is 4.43. The standard InChI is InChI=1S/C26H30N2O7/c1-16(30)22(25(33)27-12-13-29)28-24(32)17-14-20(31)23-21(15-17)34-26(35-23,18-8-4-2-5-9-18)19-10-6-3-7-11-19/h2-11,15-16,20-23,29-31H,12-14H2,1H3,(H,27,33)(H,28,32)/t16-,20+,21+,22+,23-/m0/s1. The monoisotopic (exact) mass is 482 g/mol. The van der Waals surface area contributed by atoms with E-state index in [0.29, 0.717) is 0 Å². The molecular weight excluding hydrogens is 452 g/mol. The van der Waals surface area contributed by atoms with Gasteiger partial charge in [-0.3, -0.25) is 9.59 Å². The Bertz CT molecular complexity index is 1020. The molecule has 1 aliphatic heterocycles. The first kappa shape index (κ1) is 25.0. The van der Waals surface area contributed by atoms with Crippen LogP contribution in [0, 0.1) is 0 Å². The molecule has 0 aromatic heterocycles. The summed E-state index contributed by atoms with van der Waals surface area (Å²) < 4.78 is 12.8. The number of ether oxygens (including phenoxy) is 2. The van der Waals surface area contributed by atoms with Crippen molar-refractivity contribution in [1.82, 2.24) is 10.6 Å². The topological polar surface area (TPSA) is 137 Å². The van der Waals surface area contributed by atoms with E-state index >= 15 is 0 Å². The molecule has 0 radical (unpaired) electrons. The predicted octanol–water partition coefficient (Wildman–Crippen LogP) is 0.337. The fraction of sp³-hybridized carbons (Fsp3) is 0.385. The normalized spacial score (nSPS) is 24.6. The molecule has 1 heterocycles. The van der Waals surface area contributed by atoms with Gasteiger partial charge >= 0.3 is 0 Å². The Balaban J connectivity index is 1.60. The Labute approximate surface area is 203 Å². The molecule has 186 valence electrons. The lowest BCUT2D eigenvalue weighted by Crippen LogP contribution is -2.53. The van der Waals surface area contributed by atoms with E-state index in [0.717, 1.165) is 11.1 Å². The van der Waals surface area contributed by atoms with E-state index in [4.69, 9.17) is 14.6 Å². The van der Waals surface area contributed by atoms with E-state index in [1.54, 1.807) is 6.08 Å². The Morgan fingerprint density at radius 2 is 1.66 bits per heavy atom. The summed E-state index contributed by atoms with van der Waals surface area (Å²) in [5, 5.41) is 34.8. The second kappa shape index (κ2) is 10.7. The van der Waals surface area contributed by atoms with Crippen molar-refractivity contribution in [3.8, 4) is 0 Å². The summed E-state index contributed by atoms with van der Waals surface area (Å²) in [6, 6.07) is 17.6. The van der Waals surface area contributed by atoms with Crippen molar-refractivity contribution in [3.63, 3.8) is 0 Å². The molecule has 0 unspecified atom stereocenters. The molecule has 1 aliphatic carbocycles. The minimum atomic E-state index is -1.27. The van der Waals surface area contributed by atoms with Crippen LogP contribution in [0.3, 0.4) is 0 Å². The molecule has 5 atom stereocenters. The minimum absolute atomic E-state index is 0.00464. The van der Waals surface area contributed by atoms with Gasteiger partial charge in [0.05, 0.1) is 18.8 Å². The van der Waals surface area contributed by atoms with Crippen molar-refractivity contribution in [2.75, 3.05) is 13.2 Å². The number of fused-ring (bicyclic) bond motifs is 1. The molecule has 5 N–H and O–H groups in total. The highest BCUT2D eigenvalue weighted by Crippen LogP contribution is 2.46. The lowest BCUT2D eigenvalue weighted by atomic mass is 9.91. The molecule has 1 fully saturated rings. The summed E-state index contributed by atoms with van der Waals surface area (Å²) in [7, 11) is 0. The first-order valence-corrected chi connectivity index (χ1v) is 11.6. The number of amides is 2. The Morgan fingerprint density at radius 3 is 2.20 bits per heavy atom. The number of aliphatic hydroxyl groups is 3. The van der Waals surface area contributed by atoms with Crippen molar-refractivity contribution >= 4 is 11.8 Å². The van der Waals surface area contributed by atoms with Gasteiger partial charge in [-0.25, -0.2) is 0 Å². The molecule has 2 aliphatic rings. The third kappa shape index (κ3) is 5.14. The number of aliphatic hydroxyl groups excluding tert-OH is 3. The maximum absolute atomic E-state index is 13.0. The number of hydrogen-bond acceptors (Lipinski definition) is 7. The van der Waals surface area contributed by atoms with E-state index in [1.807, 2.05) is 60.7 Å². The molecule has 9 nitrogen and oxygen atoms in total. The van der Waals surface area contributed by atoms with Crippen LogP contribution in [0.15, 0.2) is 72.3 Å². The molecule has 2 aromatic carbocycles. The van der Waals surface area contributed by atoms with Crippen LogP contribution in [0.4, 0.5) is 0 Å². The van der Waals surface area contributed by atoms with Gasteiger partial charge in [0.1, 0.15) is 18.2 Å². The van der Waals surface area contributed by atoms with Crippen LogP contribution < -0.4 is 10.6 Å². The van der Waals surface area contributed by atoms with Gasteiger partial charge in [0.25, 0.3) is 0 Å². The highest BCUT2D eigenvalue weighted by molar-refractivity contribution is 5.97. The molecule has 0 spiro atoms. The van der Waals surface area contributed by atoms with E-state index in [-0.39, 0.29) is 25.1 Å². The van der Waals surface area contributed by atoms with Crippen molar-refractivity contribution in [2.24, 2.45) is 0 Å². The van der Waals surface area contributed by atoms with Crippen LogP contribution in [0.1, 0.15) is 24.5 Å². The molecule has 2 amide bonds. The summed E-state index contributed by atoms with van der Waals surface area (Å²) in [6.45, 7) is 1.11. The van der Waals surface area contributed by atoms with E-state index < -0.39 is 48.1 Å². The number of rotatable bonds is 8. The minimum Gasteiger partial charge on any atom is -0.395 e. The molecule has 9 heteroatoms. The summed E-state index contributed by atoms with van der Waals surface area (Å²) in [4.78, 5) is 25.3. The van der Waals surface area contributed by atoms with Crippen molar-refractivity contribution in [1.29, 1.82) is 0 Å². The molecule has 1 saturated heterocycles. The summed E-state index contributed by atoms with van der Waals surface area (Å²) in [6.07, 6.45) is -2.06. The van der Waals surface area contributed by atoms with E-state index in [9.17, 15) is 19.8 Å². The zero-order chi connectivity index (χ0) is 25.0. The van der Waals surface area contributed by atoms with Gasteiger partial charge in [-0.05, 0) is 13.0 Å². The lowest BCUT2D eigenvalue weighted by Gasteiger charge is -2.30. The van der Waals surface area contributed by atoms with Gasteiger partial charge in [0, 0.05) is 29.7 Å². The smallest absolute Gasteiger partial charge is 0.247 e. The van der Waals surface area contributed by atoms with Gasteiger partial charge in [-0.1, -0.05) is 60.7 Å².